The lowest BCUT2D eigenvalue weighted by Crippen LogP contribution is -2.16. The van der Waals surface area contributed by atoms with Gasteiger partial charge in [-0.3, -0.25) is 4.99 Å². The van der Waals surface area contributed by atoms with Crippen LogP contribution < -0.4 is 0 Å². The van der Waals surface area contributed by atoms with Crippen LogP contribution in [-0.2, 0) is 0 Å². The van der Waals surface area contributed by atoms with E-state index in [2.05, 4.69) is 11.9 Å². The van der Waals surface area contributed by atoms with Crippen molar-refractivity contribution in [3.05, 3.63) is 0 Å². The number of nitrogens with zero attached hydrogens (tertiary/aromatic N) is 2. The van der Waals surface area contributed by atoms with Gasteiger partial charge in [-0.2, -0.15) is 0 Å². The molecule has 0 aliphatic carbocycles. The zero-order valence-corrected chi connectivity index (χ0v) is 8.17. The molecule has 0 fully saturated rings. The van der Waals surface area contributed by atoms with E-state index in [-0.39, 0.29) is 12.4 Å². The molecule has 0 aliphatic heterocycles. The molecule has 0 heterocycles. The first kappa shape index (κ1) is 12.7. The van der Waals surface area contributed by atoms with Crippen LogP contribution in [0.1, 0.15) is 13.3 Å². The Morgan fingerprint density at radius 1 is 1.50 bits per heavy atom. The quantitative estimate of drug-likeness (QED) is 0.365. The van der Waals surface area contributed by atoms with Crippen LogP contribution in [0.3, 0.4) is 0 Å². The van der Waals surface area contributed by atoms with Gasteiger partial charge in [0.1, 0.15) is 0 Å². The molecular formula is C6H14Cl2N2. The second-order valence-electron chi connectivity index (χ2n) is 2.05. The average molecular weight is 185 g/mol. The Bertz CT molecular complexity index is 102. The monoisotopic (exact) mass is 184 g/mol. The molecule has 0 aliphatic rings. The van der Waals surface area contributed by atoms with Gasteiger partial charge in [-0.05, 0) is 18.0 Å². The smallest absolute Gasteiger partial charge is 0.193 e. The van der Waals surface area contributed by atoms with Crippen molar-refractivity contribution in [2.24, 2.45) is 4.99 Å². The minimum absolute atomic E-state index is 0. The lowest BCUT2D eigenvalue weighted by Gasteiger charge is -2.07. The molecule has 0 saturated carbocycles. The Balaban J connectivity index is 0. The Morgan fingerprint density at radius 3 is 2.30 bits per heavy atom. The molecule has 0 amide bonds. The molecule has 10 heavy (non-hydrogen) atoms. The highest BCUT2D eigenvalue weighted by Gasteiger charge is 1.91. The van der Waals surface area contributed by atoms with Crippen LogP contribution >= 0.6 is 24.0 Å². The molecule has 62 valence electrons. The van der Waals surface area contributed by atoms with Crippen LogP contribution in [0.15, 0.2) is 4.99 Å². The first-order chi connectivity index (χ1) is 4.18. The Hall–Kier alpha value is 0.0500. The van der Waals surface area contributed by atoms with E-state index >= 15 is 0 Å². The molecule has 0 aromatic heterocycles. The summed E-state index contributed by atoms with van der Waals surface area (Å²) < 4.78 is 0. The van der Waals surface area contributed by atoms with Crippen molar-refractivity contribution in [3.63, 3.8) is 0 Å². The van der Waals surface area contributed by atoms with Crippen LogP contribution in [0.2, 0.25) is 0 Å². The molecule has 0 atom stereocenters. The van der Waals surface area contributed by atoms with Gasteiger partial charge < -0.3 is 4.90 Å². The molecule has 0 rings (SSSR count). The van der Waals surface area contributed by atoms with Gasteiger partial charge in [0.2, 0.25) is 0 Å². The molecular weight excluding hydrogens is 171 g/mol. The van der Waals surface area contributed by atoms with Crippen molar-refractivity contribution in [1.82, 2.24) is 4.90 Å². The normalized spacial score (nSPS) is 10.6. The highest BCUT2D eigenvalue weighted by atomic mass is 35.5. The second kappa shape index (κ2) is 7.16. The first-order valence-corrected chi connectivity index (χ1v) is 3.43. The third kappa shape index (κ3) is 6.17. The van der Waals surface area contributed by atoms with E-state index in [1.807, 2.05) is 14.1 Å². The highest BCUT2D eigenvalue weighted by Crippen LogP contribution is 1.90. The van der Waals surface area contributed by atoms with Gasteiger partial charge in [0.25, 0.3) is 0 Å². The van der Waals surface area contributed by atoms with Gasteiger partial charge in [-0.15, -0.1) is 12.4 Å². The number of aliphatic imine (C=N–C) groups is 1. The number of halogens is 2. The molecule has 0 radical (unpaired) electrons. The van der Waals surface area contributed by atoms with Gasteiger partial charge >= 0.3 is 0 Å². The molecule has 4 heteroatoms. The highest BCUT2D eigenvalue weighted by molar-refractivity contribution is 6.64. The summed E-state index contributed by atoms with van der Waals surface area (Å²) in [6.07, 6.45) is 1.05. The third-order valence-corrected chi connectivity index (χ3v) is 1.29. The largest absolute Gasteiger partial charge is 0.353 e. The topological polar surface area (TPSA) is 15.6 Å². The summed E-state index contributed by atoms with van der Waals surface area (Å²) in [4.78, 5) is 5.84. The molecule has 0 spiro atoms. The van der Waals surface area contributed by atoms with Gasteiger partial charge in [-0.25, -0.2) is 0 Å². The van der Waals surface area contributed by atoms with Crippen molar-refractivity contribution in [3.8, 4) is 0 Å². The maximum atomic E-state index is 5.67. The summed E-state index contributed by atoms with van der Waals surface area (Å²) >= 11 is 5.67. The Morgan fingerprint density at radius 2 is 2.00 bits per heavy atom. The summed E-state index contributed by atoms with van der Waals surface area (Å²) in [5.74, 6) is 0. The molecule has 0 aromatic carbocycles. The summed E-state index contributed by atoms with van der Waals surface area (Å²) in [5.41, 5.74) is 0. The van der Waals surface area contributed by atoms with Crippen molar-refractivity contribution in [1.29, 1.82) is 0 Å². The standard InChI is InChI=1S/C6H13ClN2.ClH/c1-4-5-8-6(7)9(2)3;/h4-5H2,1-3H3;1H. The molecule has 0 bridgehead atoms. The molecule has 0 N–H and O–H groups in total. The molecule has 0 saturated heterocycles. The summed E-state index contributed by atoms with van der Waals surface area (Å²) in [7, 11) is 3.75. The zero-order chi connectivity index (χ0) is 7.28. The predicted molar refractivity (Wildman–Crippen MR) is 49.4 cm³/mol. The van der Waals surface area contributed by atoms with Crippen LogP contribution in [0.25, 0.3) is 0 Å². The molecule has 2 nitrogen and oxygen atoms in total. The van der Waals surface area contributed by atoms with E-state index in [1.165, 1.54) is 0 Å². The fourth-order valence-corrected chi connectivity index (χ4v) is 0.430. The maximum Gasteiger partial charge on any atom is 0.193 e. The maximum absolute atomic E-state index is 5.67. The van der Waals surface area contributed by atoms with Crippen molar-refractivity contribution in [2.75, 3.05) is 20.6 Å². The van der Waals surface area contributed by atoms with Crippen molar-refractivity contribution >= 4 is 29.3 Å². The van der Waals surface area contributed by atoms with Gasteiger partial charge in [-0.1, -0.05) is 6.92 Å². The van der Waals surface area contributed by atoms with Crippen molar-refractivity contribution < 1.29 is 0 Å². The van der Waals surface area contributed by atoms with E-state index in [0.717, 1.165) is 13.0 Å². The van der Waals surface area contributed by atoms with Crippen LogP contribution in [0, 0.1) is 0 Å². The van der Waals surface area contributed by atoms with Gasteiger partial charge in [0.05, 0.1) is 0 Å². The van der Waals surface area contributed by atoms with E-state index in [4.69, 9.17) is 11.6 Å². The average Bonchev–Trinajstić information content (AvgIpc) is 1.82. The lowest BCUT2D eigenvalue weighted by molar-refractivity contribution is 0.629. The van der Waals surface area contributed by atoms with Crippen LogP contribution in [0.4, 0.5) is 0 Å². The Kier molecular flexibility index (Phi) is 9.10. The Labute approximate surface area is 73.7 Å². The molecule has 0 unspecified atom stereocenters. The van der Waals surface area contributed by atoms with Crippen LogP contribution in [-0.4, -0.2) is 30.8 Å². The number of amidine groups is 1. The number of hydrogen-bond acceptors (Lipinski definition) is 1. The molecule has 0 aromatic rings. The van der Waals surface area contributed by atoms with E-state index in [1.54, 1.807) is 4.90 Å². The summed E-state index contributed by atoms with van der Waals surface area (Å²) in [6, 6.07) is 0. The zero-order valence-electron chi connectivity index (χ0n) is 6.59. The van der Waals surface area contributed by atoms with Gasteiger partial charge in [0, 0.05) is 20.6 Å². The fourth-order valence-electron chi connectivity index (χ4n) is 0.345. The lowest BCUT2D eigenvalue weighted by atomic mass is 10.5. The minimum atomic E-state index is 0. The predicted octanol–water partition coefficient (Wildman–Crippen LogP) is 1.97. The van der Waals surface area contributed by atoms with E-state index in [0.29, 0.717) is 5.29 Å². The fraction of sp³-hybridized carbons (Fsp3) is 0.833. The summed E-state index contributed by atoms with van der Waals surface area (Å²) in [5, 5.41) is 0.580. The van der Waals surface area contributed by atoms with Gasteiger partial charge in [0.15, 0.2) is 5.29 Å². The minimum Gasteiger partial charge on any atom is -0.353 e. The summed E-state index contributed by atoms with van der Waals surface area (Å²) in [6.45, 7) is 2.89. The second-order valence-corrected chi connectivity index (χ2v) is 2.38. The SMILES string of the molecule is CCCN=C(Cl)N(C)C.Cl. The van der Waals surface area contributed by atoms with Crippen molar-refractivity contribution in [2.45, 2.75) is 13.3 Å². The van der Waals surface area contributed by atoms with Crippen LogP contribution in [0.5, 0.6) is 0 Å². The van der Waals surface area contributed by atoms with E-state index < -0.39 is 0 Å². The number of rotatable bonds is 2. The number of hydrogen-bond donors (Lipinski definition) is 0. The third-order valence-electron chi connectivity index (χ3n) is 0.835. The first-order valence-electron chi connectivity index (χ1n) is 3.05. The van der Waals surface area contributed by atoms with E-state index in [9.17, 15) is 0 Å².